The number of benzene rings is 1. The Morgan fingerprint density at radius 2 is 1.80 bits per heavy atom. The van der Waals surface area contributed by atoms with Gasteiger partial charge in [0.1, 0.15) is 11.3 Å². The van der Waals surface area contributed by atoms with Gasteiger partial charge in [-0.25, -0.2) is 4.79 Å². The molecule has 84 valence electrons. The minimum absolute atomic E-state index is 0.00236. The Labute approximate surface area is 90.7 Å². The number of esters is 1. The van der Waals surface area contributed by atoms with Gasteiger partial charge in [0, 0.05) is 0 Å². The van der Waals surface area contributed by atoms with Gasteiger partial charge in [0.05, 0.1) is 7.11 Å². The van der Waals surface area contributed by atoms with Gasteiger partial charge in [-0.05, 0) is 31.0 Å². The number of ether oxygens (including phenoxy) is 1. The van der Waals surface area contributed by atoms with E-state index in [0.29, 0.717) is 5.56 Å². The Morgan fingerprint density at radius 1 is 1.27 bits per heavy atom. The van der Waals surface area contributed by atoms with E-state index < -0.39 is 5.97 Å². The molecule has 0 heterocycles. The zero-order valence-electron chi connectivity index (χ0n) is 9.92. The molecule has 1 aromatic rings. The van der Waals surface area contributed by atoms with E-state index in [9.17, 15) is 9.90 Å². The van der Waals surface area contributed by atoms with Crippen molar-refractivity contribution in [1.29, 1.82) is 0 Å². The first-order chi connectivity index (χ1) is 7.06. The van der Waals surface area contributed by atoms with Crippen LogP contribution in [0, 0.1) is 13.8 Å². The van der Waals surface area contributed by atoms with Crippen LogP contribution in [0.4, 0.5) is 0 Å². The third-order valence-electron chi connectivity index (χ3n) is 1.85. The van der Waals surface area contributed by atoms with Crippen molar-refractivity contribution >= 4 is 5.97 Å². The molecule has 3 nitrogen and oxygen atoms in total. The van der Waals surface area contributed by atoms with Crippen molar-refractivity contribution in [3.8, 4) is 5.75 Å². The molecule has 0 aliphatic heterocycles. The summed E-state index contributed by atoms with van der Waals surface area (Å²) in [6.07, 6.45) is 0. The minimum atomic E-state index is -0.510. The molecule has 3 heteroatoms. The summed E-state index contributed by atoms with van der Waals surface area (Å²) in [5, 5.41) is 9.52. The topological polar surface area (TPSA) is 46.5 Å². The Kier molecular flexibility index (Phi) is 5.45. The maximum atomic E-state index is 11.2. The largest absolute Gasteiger partial charge is 0.507 e. The van der Waals surface area contributed by atoms with Crippen LogP contribution in [0.15, 0.2) is 12.1 Å². The molecule has 0 atom stereocenters. The van der Waals surface area contributed by atoms with Crippen LogP contribution in [0.3, 0.4) is 0 Å². The average Bonchev–Trinajstić information content (AvgIpc) is 2.25. The van der Waals surface area contributed by atoms with Crippen LogP contribution >= 0.6 is 0 Å². The van der Waals surface area contributed by atoms with E-state index in [1.807, 2.05) is 26.8 Å². The van der Waals surface area contributed by atoms with E-state index in [2.05, 4.69) is 4.74 Å². The summed E-state index contributed by atoms with van der Waals surface area (Å²) in [7, 11) is 1.29. The Bertz CT molecular complexity index is 343. The lowest BCUT2D eigenvalue weighted by Crippen LogP contribution is -2.02. The summed E-state index contributed by atoms with van der Waals surface area (Å²) in [6.45, 7) is 7.60. The van der Waals surface area contributed by atoms with E-state index in [1.165, 1.54) is 7.11 Å². The van der Waals surface area contributed by atoms with Gasteiger partial charge >= 0.3 is 5.97 Å². The first kappa shape index (κ1) is 13.5. The van der Waals surface area contributed by atoms with Gasteiger partial charge < -0.3 is 9.84 Å². The van der Waals surface area contributed by atoms with E-state index >= 15 is 0 Å². The van der Waals surface area contributed by atoms with Gasteiger partial charge in [0.2, 0.25) is 0 Å². The molecular weight excluding hydrogens is 192 g/mol. The monoisotopic (exact) mass is 210 g/mol. The molecular formula is C12H18O3. The molecule has 0 amide bonds. The lowest BCUT2D eigenvalue weighted by molar-refractivity contribution is 0.0597. The molecule has 0 bridgehead atoms. The van der Waals surface area contributed by atoms with Gasteiger partial charge in [-0.3, -0.25) is 0 Å². The highest BCUT2D eigenvalue weighted by molar-refractivity contribution is 5.93. The second kappa shape index (κ2) is 6.06. The normalized spacial score (nSPS) is 8.87. The van der Waals surface area contributed by atoms with E-state index in [1.54, 1.807) is 13.0 Å². The first-order valence-electron chi connectivity index (χ1n) is 4.94. The summed E-state index contributed by atoms with van der Waals surface area (Å²) in [4.78, 5) is 11.2. The third kappa shape index (κ3) is 3.27. The lowest BCUT2D eigenvalue weighted by Gasteiger charge is -2.06. The predicted molar refractivity (Wildman–Crippen MR) is 60.3 cm³/mol. The van der Waals surface area contributed by atoms with Crippen molar-refractivity contribution in [2.75, 3.05) is 7.11 Å². The van der Waals surface area contributed by atoms with Crippen molar-refractivity contribution in [2.24, 2.45) is 0 Å². The molecule has 0 spiro atoms. The Hall–Kier alpha value is -1.51. The van der Waals surface area contributed by atoms with Crippen molar-refractivity contribution in [1.82, 2.24) is 0 Å². The highest BCUT2D eigenvalue weighted by atomic mass is 16.5. The predicted octanol–water partition coefficient (Wildman–Crippen LogP) is 2.82. The third-order valence-corrected chi connectivity index (χ3v) is 1.85. The molecule has 1 N–H and O–H groups in total. The second-order valence-corrected chi connectivity index (χ2v) is 2.97. The zero-order chi connectivity index (χ0) is 12.0. The lowest BCUT2D eigenvalue weighted by atomic mass is 10.1. The van der Waals surface area contributed by atoms with Crippen LogP contribution in [-0.2, 0) is 4.74 Å². The molecule has 0 aromatic heterocycles. The number of methoxy groups -OCH3 is 1. The number of aryl methyl sites for hydroxylation is 2. The highest BCUT2D eigenvalue weighted by Crippen LogP contribution is 2.23. The summed E-state index contributed by atoms with van der Waals surface area (Å²) >= 11 is 0. The van der Waals surface area contributed by atoms with Crippen molar-refractivity contribution in [3.05, 3.63) is 28.8 Å². The molecule has 0 radical (unpaired) electrons. The Morgan fingerprint density at radius 3 is 2.27 bits per heavy atom. The van der Waals surface area contributed by atoms with Crippen LogP contribution in [-0.4, -0.2) is 18.2 Å². The average molecular weight is 210 g/mol. The van der Waals surface area contributed by atoms with Crippen molar-refractivity contribution in [2.45, 2.75) is 27.7 Å². The molecule has 1 rings (SSSR count). The highest BCUT2D eigenvalue weighted by Gasteiger charge is 2.13. The van der Waals surface area contributed by atoms with E-state index in [0.717, 1.165) is 5.56 Å². The van der Waals surface area contributed by atoms with E-state index in [-0.39, 0.29) is 11.3 Å². The molecule has 0 aliphatic carbocycles. The van der Waals surface area contributed by atoms with Crippen LogP contribution in [0.2, 0.25) is 0 Å². The molecule has 0 fully saturated rings. The van der Waals surface area contributed by atoms with Crippen molar-refractivity contribution < 1.29 is 14.6 Å². The molecule has 0 saturated carbocycles. The number of phenols is 1. The number of hydrogen-bond donors (Lipinski definition) is 1. The van der Waals surface area contributed by atoms with Crippen molar-refractivity contribution in [3.63, 3.8) is 0 Å². The quantitative estimate of drug-likeness (QED) is 0.725. The molecule has 0 aliphatic rings. The van der Waals surface area contributed by atoms with Crippen LogP contribution in [0.1, 0.15) is 35.3 Å². The zero-order valence-corrected chi connectivity index (χ0v) is 9.92. The maximum absolute atomic E-state index is 11.2. The van der Waals surface area contributed by atoms with Crippen LogP contribution in [0.25, 0.3) is 0 Å². The smallest absolute Gasteiger partial charge is 0.341 e. The van der Waals surface area contributed by atoms with Gasteiger partial charge in [0.25, 0.3) is 0 Å². The van der Waals surface area contributed by atoms with Crippen LogP contribution < -0.4 is 0 Å². The number of carbonyl (C=O) groups is 1. The molecule has 0 unspecified atom stereocenters. The Balaban J connectivity index is 0.000000921. The number of aromatic hydroxyl groups is 1. The summed E-state index contributed by atoms with van der Waals surface area (Å²) in [5.41, 5.74) is 1.83. The maximum Gasteiger partial charge on any atom is 0.341 e. The van der Waals surface area contributed by atoms with E-state index in [4.69, 9.17) is 0 Å². The van der Waals surface area contributed by atoms with Gasteiger partial charge in [-0.15, -0.1) is 0 Å². The molecule has 0 saturated heterocycles. The summed E-state index contributed by atoms with van der Waals surface area (Å²) in [5.74, 6) is -0.512. The number of rotatable bonds is 1. The molecule has 15 heavy (non-hydrogen) atoms. The first-order valence-corrected chi connectivity index (χ1v) is 4.94. The molecule has 1 aromatic carbocycles. The summed E-state index contributed by atoms with van der Waals surface area (Å²) < 4.78 is 4.53. The summed E-state index contributed by atoms with van der Waals surface area (Å²) in [6, 6.07) is 3.41. The number of phenolic OH excluding ortho intramolecular Hbond substituents is 1. The number of hydrogen-bond acceptors (Lipinski definition) is 3. The fraction of sp³-hybridized carbons (Fsp3) is 0.417. The van der Waals surface area contributed by atoms with Gasteiger partial charge in [-0.2, -0.15) is 0 Å². The second-order valence-electron chi connectivity index (χ2n) is 2.97. The van der Waals surface area contributed by atoms with Gasteiger partial charge in [-0.1, -0.05) is 19.9 Å². The SMILES string of the molecule is CC.COC(=O)c1cc(C)cc(C)c1O. The minimum Gasteiger partial charge on any atom is -0.507 e. The fourth-order valence-corrected chi connectivity index (χ4v) is 1.23. The van der Waals surface area contributed by atoms with Gasteiger partial charge in [0.15, 0.2) is 0 Å². The fourth-order valence-electron chi connectivity index (χ4n) is 1.23. The standard InChI is InChI=1S/C10H12O3.C2H6/c1-6-4-7(2)9(11)8(5-6)10(12)13-3;1-2/h4-5,11H,1-3H3;1-2H3. The van der Waals surface area contributed by atoms with Crippen LogP contribution in [0.5, 0.6) is 5.75 Å². The number of carbonyl (C=O) groups excluding carboxylic acids is 1.